The maximum Gasteiger partial charge on any atom is 0.00309 e. The zero-order chi connectivity index (χ0) is 31.6. The molecule has 0 aromatic carbocycles. The van der Waals surface area contributed by atoms with Gasteiger partial charge in [0, 0.05) is 4.75 Å². The van der Waals surface area contributed by atoms with Crippen molar-refractivity contribution in [2.45, 2.75) is 198 Å². The Morgan fingerprint density at radius 3 is 1.76 bits per heavy atom. The van der Waals surface area contributed by atoms with Crippen molar-refractivity contribution in [3.8, 4) is 0 Å². The molecule has 45 heavy (non-hydrogen) atoms. The van der Waals surface area contributed by atoms with Gasteiger partial charge in [0.15, 0.2) is 0 Å². The summed E-state index contributed by atoms with van der Waals surface area (Å²) in [5.41, 5.74) is 0. The Kier molecular flexibility index (Phi) is 12.1. The first kappa shape index (κ1) is 35.2. The fraction of sp³-hybridized carbons (Fsp3) is 1.00. The van der Waals surface area contributed by atoms with Crippen LogP contribution in [-0.4, -0.2) is 22.5 Å². The molecule has 0 amide bonds. The molecule has 6 saturated carbocycles. The van der Waals surface area contributed by atoms with Crippen molar-refractivity contribution in [1.29, 1.82) is 0 Å². The maximum atomic E-state index is 2.99. The molecule has 0 saturated heterocycles. The Morgan fingerprint density at radius 2 is 1.07 bits per heavy atom. The molecule has 0 aliphatic heterocycles. The molecule has 6 rings (SSSR count). The predicted molar refractivity (Wildman–Crippen MR) is 202 cm³/mol. The standard InChI is InChI=1S/C44H80S/c1-7-9-10-19-31-44(30-8-2,45(5,6)42-29-28-34-20-11-12-21-35(34)32(42)3)41-27-18-17-26-40(41)43-33(4)36-22-13-14-23-37(36)38-24-15-16-25-39(38)43/h32-43H,7-31H2,1-6H3. The zero-order valence-corrected chi connectivity index (χ0v) is 32.3. The Hall–Kier alpha value is 0.350. The molecule has 0 heterocycles. The van der Waals surface area contributed by atoms with Crippen LogP contribution in [0, 0.1) is 65.1 Å². The summed E-state index contributed by atoms with van der Waals surface area (Å²) in [6.07, 6.45) is 44.6. The van der Waals surface area contributed by atoms with Crippen LogP contribution < -0.4 is 0 Å². The lowest BCUT2D eigenvalue weighted by molar-refractivity contribution is -0.0968. The van der Waals surface area contributed by atoms with E-state index in [1.165, 1.54) is 44.9 Å². The number of rotatable bonds is 11. The van der Waals surface area contributed by atoms with Gasteiger partial charge in [0.2, 0.25) is 0 Å². The minimum absolute atomic E-state index is 0.619. The van der Waals surface area contributed by atoms with Crippen molar-refractivity contribution >= 4 is 10.0 Å². The van der Waals surface area contributed by atoms with Crippen molar-refractivity contribution in [2.75, 3.05) is 12.5 Å². The molecule has 0 N–H and O–H groups in total. The molecule has 262 valence electrons. The summed E-state index contributed by atoms with van der Waals surface area (Å²) in [7, 11) is -0.776. The van der Waals surface area contributed by atoms with Gasteiger partial charge in [-0.2, -0.15) is 0 Å². The van der Waals surface area contributed by atoms with E-state index in [0.717, 1.165) is 70.3 Å². The number of hydrogen-bond acceptors (Lipinski definition) is 0. The first-order chi connectivity index (χ1) is 21.9. The summed E-state index contributed by atoms with van der Waals surface area (Å²) in [4.78, 5) is 0. The highest BCUT2D eigenvalue weighted by atomic mass is 32.3. The van der Waals surface area contributed by atoms with E-state index in [9.17, 15) is 0 Å². The second kappa shape index (κ2) is 15.5. The fourth-order valence-electron chi connectivity index (χ4n) is 15.2. The van der Waals surface area contributed by atoms with Crippen molar-refractivity contribution < 1.29 is 0 Å². The lowest BCUT2D eigenvalue weighted by atomic mass is 9.46. The summed E-state index contributed by atoms with van der Waals surface area (Å²) in [5.74, 6) is 11.5. The third-order valence-electron chi connectivity index (χ3n) is 17.0. The quantitative estimate of drug-likeness (QED) is 0.197. The minimum atomic E-state index is -0.776. The summed E-state index contributed by atoms with van der Waals surface area (Å²) >= 11 is 0. The van der Waals surface area contributed by atoms with E-state index in [1.807, 2.05) is 0 Å². The second-order valence-corrected chi connectivity index (χ2v) is 23.2. The highest BCUT2D eigenvalue weighted by Gasteiger charge is 2.59. The van der Waals surface area contributed by atoms with Gasteiger partial charge >= 0.3 is 0 Å². The van der Waals surface area contributed by atoms with Gasteiger partial charge in [-0.15, -0.1) is 0 Å². The highest BCUT2D eigenvalue weighted by Crippen LogP contribution is 2.72. The van der Waals surface area contributed by atoms with E-state index in [-0.39, 0.29) is 0 Å². The summed E-state index contributed by atoms with van der Waals surface area (Å²) in [6, 6.07) is 0. The molecule has 0 aromatic rings. The molecule has 6 aliphatic carbocycles. The van der Waals surface area contributed by atoms with Crippen LogP contribution in [0.4, 0.5) is 0 Å². The van der Waals surface area contributed by atoms with Gasteiger partial charge in [-0.05, 0) is 153 Å². The van der Waals surface area contributed by atoms with E-state index >= 15 is 0 Å². The second-order valence-electron chi connectivity index (χ2n) is 18.9. The molecule has 0 spiro atoms. The molecule has 6 aliphatic rings. The molecule has 13 atom stereocenters. The molecule has 0 aromatic heterocycles. The Bertz CT molecular complexity index is 907. The van der Waals surface area contributed by atoms with Gasteiger partial charge in [-0.3, -0.25) is 0 Å². The molecular weight excluding hydrogens is 561 g/mol. The van der Waals surface area contributed by atoms with Gasteiger partial charge in [0.05, 0.1) is 0 Å². The average molecular weight is 641 g/mol. The van der Waals surface area contributed by atoms with Gasteiger partial charge in [0.25, 0.3) is 0 Å². The molecule has 0 radical (unpaired) electrons. The summed E-state index contributed by atoms with van der Waals surface area (Å²) in [5, 5.41) is 1.02. The van der Waals surface area contributed by atoms with Crippen molar-refractivity contribution in [2.24, 2.45) is 65.1 Å². The van der Waals surface area contributed by atoms with Crippen LogP contribution in [-0.2, 0) is 0 Å². The van der Waals surface area contributed by atoms with E-state index in [4.69, 9.17) is 0 Å². The topological polar surface area (TPSA) is 0 Å². The number of hydrogen-bond donors (Lipinski definition) is 0. The van der Waals surface area contributed by atoms with Crippen molar-refractivity contribution in [3.63, 3.8) is 0 Å². The van der Waals surface area contributed by atoms with Crippen LogP contribution in [0.3, 0.4) is 0 Å². The molecular formula is C44H80S. The van der Waals surface area contributed by atoms with Crippen LogP contribution in [0.25, 0.3) is 0 Å². The minimum Gasteiger partial charge on any atom is -0.238 e. The molecule has 6 fully saturated rings. The van der Waals surface area contributed by atoms with Gasteiger partial charge < -0.3 is 0 Å². The van der Waals surface area contributed by atoms with E-state index in [2.05, 4.69) is 40.2 Å². The first-order valence-electron chi connectivity index (χ1n) is 21.6. The SMILES string of the molecule is CCCCCCC(CCC)(C1CCCCC1C1C(C)C2CCCCC2C2CCCCC21)S(C)(C)C1CCC2CCCCC2C1C. The van der Waals surface area contributed by atoms with Gasteiger partial charge in [-0.1, -0.05) is 118 Å². The Balaban J connectivity index is 1.38. The molecule has 13 unspecified atom stereocenters. The van der Waals surface area contributed by atoms with Crippen LogP contribution in [0.2, 0.25) is 0 Å². The van der Waals surface area contributed by atoms with Crippen molar-refractivity contribution in [3.05, 3.63) is 0 Å². The summed E-state index contributed by atoms with van der Waals surface area (Å²) in [6.45, 7) is 10.7. The fourth-order valence-corrected chi connectivity index (χ4v) is 20.3. The predicted octanol–water partition coefficient (Wildman–Crippen LogP) is 13.8. The monoisotopic (exact) mass is 641 g/mol. The number of fused-ring (bicyclic) bond motifs is 4. The zero-order valence-electron chi connectivity index (χ0n) is 31.5. The lowest BCUT2D eigenvalue weighted by Gasteiger charge is -2.66. The summed E-state index contributed by atoms with van der Waals surface area (Å²) < 4.78 is 0.619. The Morgan fingerprint density at radius 1 is 0.489 bits per heavy atom. The van der Waals surface area contributed by atoms with E-state index in [1.54, 1.807) is 116 Å². The molecule has 1 heteroatoms. The third-order valence-corrected chi connectivity index (χ3v) is 22.0. The van der Waals surface area contributed by atoms with Crippen LogP contribution in [0.15, 0.2) is 0 Å². The van der Waals surface area contributed by atoms with Gasteiger partial charge in [-0.25, -0.2) is 10.0 Å². The number of unbranched alkanes of at least 4 members (excludes halogenated alkanes) is 3. The molecule has 0 bridgehead atoms. The van der Waals surface area contributed by atoms with Gasteiger partial charge in [0.1, 0.15) is 0 Å². The normalized spacial score (nSPS) is 44.2. The van der Waals surface area contributed by atoms with Crippen LogP contribution in [0.5, 0.6) is 0 Å². The maximum absolute atomic E-state index is 2.99. The smallest absolute Gasteiger partial charge is 0.00309 e. The Labute approximate surface area is 284 Å². The average Bonchev–Trinajstić information content (AvgIpc) is 3.07. The van der Waals surface area contributed by atoms with Crippen molar-refractivity contribution in [1.82, 2.24) is 0 Å². The van der Waals surface area contributed by atoms with Crippen LogP contribution in [0.1, 0.15) is 188 Å². The first-order valence-corrected chi connectivity index (χ1v) is 24.1. The largest absolute Gasteiger partial charge is 0.238 e. The van der Waals surface area contributed by atoms with E-state index < -0.39 is 10.0 Å². The molecule has 0 nitrogen and oxygen atoms in total. The van der Waals surface area contributed by atoms with Crippen LogP contribution >= 0.6 is 10.0 Å². The third kappa shape index (κ3) is 6.65. The lowest BCUT2D eigenvalue weighted by Crippen LogP contribution is -2.57. The van der Waals surface area contributed by atoms with E-state index in [0.29, 0.717) is 4.75 Å². The highest BCUT2D eigenvalue weighted by molar-refractivity contribution is 8.34.